The second kappa shape index (κ2) is 14.5. The molecule has 1 heterocycles. The van der Waals surface area contributed by atoms with E-state index in [9.17, 15) is 17.9 Å². The van der Waals surface area contributed by atoms with Gasteiger partial charge in [-0.2, -0.15) is 0 Å². The number of sulfonamides is 1. The van der Waals surface area contributed by atoms with E-state index in [1.54, 1.807) is 32.0 Å². The first-order chi connectivity index (χ1) is 20.5. The van der Waals surface area contributed by atoms with E-state index < -0.39 is 32.7 Å². The number of amidine groups is 1. The Hall–Kier alpha value is -3.27. The normalized spacial score (nSPS) is 19.1. The summed E-state index contributed by atoms with van der Waals surface area (Å²) in [5, 5.41) is 8.53. The Bertz CT molecular complexity index is 1470. The van der Waals surface area contributed by atoms with Crippen LogP contribution in [0.1, 0.15) is 74.4 Å². The van der Waals surface area contributed by atoms with Crippen LogP contribution in [0.25, 0.3) is 11.1 Å². The summed E-state index contributed by atoms with van der Waals surface area (Å²) in [6.45, 7) is 7.61. The van der Waals surface area contributed by atoms with Crippen molar-refractivity contribution in [3.63, 3.8) is 0 Å². The molecular formula is C34H44FN3O4S. The molecule has 0 bridgehead atoms. The lowest BCUT2D eigenvalue weighted by atomic mass is 9.95. The molecule has 0 aromatic heterocycles. The number of aryl methyl sites for hydroxylation is 1. The highest BCUT2D eigenvalue weighted by atomic mass is 32.2. The highest BCUT2D eigenvalue weighted by Crippen LogP contribution is 2.40. The standard InChI is InChI=1S/C34H44FN3O4S/c1-5-22-38(4)23-9-8-10-25-13-15-26(16-14-25)27-17-19-28(20-18-27)32-34(2,3)42-33(37-43(32,40)41)36-31(21-24-39)29-11-6-7-12-30(29)35/h6-7,11-20,31-32,39H,5,8-10,21-24H2,1-4H3,(H,36,37)/t31-,32?/m0/s1. The second-order valence-corrected chi connectivity index (χ2v) is 13.6. The summed E-state index contributed by atoms with van der Waals surface area (Å²) in [6.07, 6.45) is 4.67. The molecule has 4 rings (SSSR count). The summed E-state index contributed by atoms with van der Waals surface area (Å²) < 4.78 is 50.0. The molecule has 0 amide bonds. The Morgan fingerprint density at radius 3 is 2.26 bits per heavy atom. The maximum absolute atomic E-state index is 14.5. The smallest absolute Gasteiger partial charge is 0.299 e. The Morgan fingerprint density at radius 1 is 1.00 bits per heavy atom. The number of hydrogen-bond donors (Lipinski definition) is 2. The third kappa shape index (κ3) is 8.43. The number of ether oxygens (including phenoxy) is 1. The lowest BCUT2D eigenvalue weighted by Gasteiger charge is -2.39. The Balaban J connectivity index is 1.45. The van der Waals surface area contributed by atoms with E-state index in [4.69, 9.17) is 4.74 Å². The summed E-state index contributed by atoms with van der Waals surface area (Å²) in [7, 11) is -1.78. The summed E-state index contributed by atoms with van der Waals surface area (Å²) in [4.78, 5) is 6.76. The van der Waals surface area contributed by atoms with Gasteiger partial charge < -0.3 is 14.7 Å². The van der Waals surface area contributed by atoms with Gasteiger partial charge in [0.25, 0.3) is 6.02 Å². The monoisotopic (exact) mass is 609 g/mol. The minimum absolute atomic E-state index is 0.110. The highest BCUT2D eigenvalue weighted by Gasteiger charge is 2.48. The molecule has 2 atom stereocenters. The fraction of sp³-hybridized carbons (Fsp3) is 0.441. The molecule has 0 aliphatic carbocycles. The van der Waals surface area contributed by atoms with Crippen LogP contribution in [0.5, 0.6) is 0 Å². The van der Waals surface area contributed by atoms with Gasteiger partial charge in [-0.05, 0) is 94.4 Å². The van der Waals surface area contributed by atoms with E-state index in [2.05, 4.69) is 52.9 Å². The van der Waals surface area contributed by atoms with Crippen molar-refractivity contribution < 1.29 is 22.7 Å². The maximum Gasteiger partial charge on any atom is 0.299 e. The predicted octanol–water partition coefficient (Wildman–Crippen LogP) is 6.41. The number of nitrogens with zero attached hydrogens (tertiary/aromatic N) is 2. The maximum atomic E-state index is 14.5. The van der Waals surface area contributed by atoms with E-state index in [0.29, 0.717) is 5.56 Å². The zero-order valence-corrected chi connectivity index (χ0v) is 26.4. The lowest BCUT2D eigenvalue weighted by molar-refractivity contribution is 0.0758. The molecule has 1 aliphatic rings. The first-order valence-corrected chi connectivity index (χ1v) is 16.6. The van der Waals surface area contributed by atoms with Gasteiger partial charge in [0, 0.05) is 12.2 Å². The number of aliphatic hydroxyl groups is 1. The molecule has 0 spiro atoms. The van der Waals surface area contributed by atoms with Crippen molar-refractivity contribution in [1.82, 2.24) is 9.62 Å². The van der Waals surface area contributed by atoms with Crippen LogP contribution in [-0.4, -0.2) is 56.8 Å². The van der Waals surface area contributed by atoms with Crippen molar-refractivity contribution in [2.45, 2.75) is 69.8 Å². The zero-order chi connectivity index (χ0) is 31.0. The van der Waals surface area contributed by atoms with E-state index >= 15 is 0 Å². The Kier molecular flexibility index (Phi) is 11.0. The van der Waals surface area contributed by atoms with Crippen molar-refractivity contribution in [2.24, 2.45) is 4.99 Å². The van der Waals surface area contributed by atoms with Crippen LogP contribution >= 0.6 is 0 Å². The topological polar surface area (TPSA) is 91.2 Å². The van der Waals surface area contributed by atoms with E-state index in [1.807, 2.05) is 24.3 Å². The van der Waals surface area contributed by atoms with Gasteiger partial charge in [0.15, 0.2) is 0 Å². The number of benzene rings is 3. The number of unbranched alkanes of at least 4 members (excludes halogenated alkanes) is 1. The molecule has 9 heteroatoms. The van der Waals surface area contributed by atoms with Gasteiger partial charge in [-0.1, -0.05) is 73.7 Å². The average Bonchev–Trinajstić information content (AvgIpc) is 2.95. The summed E-state index contributed by atoms with van der Waals surface area (Å²) in [6, 6.07) is 21.1. The molecule has 3 aromatic rings. The van der Waals surface area contributed by atoms with Gasteiger partial charge in [-0.25, -0.2) is 22.5 Å². The summed E-state index contributed by atoms with van der Waals surface area (Å²) in [5.41, 5.74) is 3.05. The largest absolute Gasteiger partial charge is 0.457 e. The first-order valence-electron chi connectivity index (χ1n) is 15.1. The summed E-state index contributed by atoms with van der Waals surface area (Å²) >= 11 is 0. The van der Waals surface area contributed by atoms with Gasteiger partial charge in [0.1, 0.15) is 16.7 Å². The molecule has 1 unspecified atom stereocenters. The molecule has 232 valence electrons. The van der Waals surface area contributed by atoms with Crippen LogP contribution in [0.15, 0.2) is 77.8 Å². The third-order valence-electron chi connectivity index (χ3n) is 7.83. The molecule has 3 aromatic carbocycles. The number of rotatable bonds is 13. The molecule has 0 radical (unpaired) electrons. The van der Waals surface area contributed by atoms with Crippen molar-refractivity contribution in [3.8, 4) is 11.1 Å². The average molecular weight is 610 g/mol. The molecule has 7 nitrogen and oxygen atoms in total. The minimum Gasteiger partial charge on any atom is -0.457 e. The number of aliphatic imine (C=N–C) groups is 1. The highest BCUT2D eigenvalue weighted by molar-refractivity contribution is 7.90. The van der Waals surface area contributed by atoms with Crippen molar-refractivity contribution in [3.05, 3.63) is 95.3 Å². The first kappa shape index (κ1) is 32.6. The van der Waals surface area contributed by atoms with Gasteiger partial charge in [-0.15, -0.1) is 0 Å². The number of aliphatic hydroxyl groups excluding tert-OH is 1. The lowest BCUT2D eigenvalue weighted by Crippen LogP contribution is -2.53. The van der Waals surface area contributed by atoms with Crippen LogP contribution in [0, 0.1) is 5.82 Å². The fourth-order valence-electron chi connectivity index (χ4n) is 5.73. The molecule has 43 heavy (non-hydrogen) atoms. The molecule has 1 aliphatic heterocycles. The van der Waals surface area contributed by atoms with Crippen molar-refractivity contribution in [1.29, 1.82) is 0 Å². The van der Waals surface area contributed by atoms with Crippen LogP contribution < -0.4 is 4.72 Å². The van der Waals surface area contributed by atoms with E-state index in [0.717, 1.165) is 37.1 Å². The van der Waals surface area contributed by atoms with Gasteiger partial charge in [0.2, 0.25) is 10.0 Å². The van der Waals surface area contributed by atoms with Gasteiger partial charge >= 0.3 is 0 Å². The second-order valence-electron chi connectivity index (χ2n) is 11.8. The Labute approximate surface area is 255 Å². The fourth-order valence-corrected chi connectivity index (χ4v) is 7.49. The van der Waals surface area contributed by atoms with Crippen LogP contribution in [-0.2, 0) is 21.2 Å². The predicted molar refractivity (Wildman–Crippen MR) is 171 cm³/mol. The molecule has 1 fully saturated rings. The minimum atomic E-state index is -3.95. The van der Waals surface area contributed by atoms with E-state index in [-0.39, 0.29) is 24.6 Å². The van der Waals surface area contributed by atoms with Gasteiger partial charge in [-0.3, -0.25) is 0 Å². The van der Waals surface area contributed by atoms with Crippen LogP contribution in [0.4, 0.5) is 4.39 Å². The molecule has 0 saturated carbocycles. The summed E-state index contributed by atoms with van der Waals surface area (Å²) in [5.74, 6) is -0.485. The zero-order valence-electron chi connectivity index (χ0n) is 25.6. The van der Waals surface area contributed by atoms with Crippen LogP contribution in [0.3, 0.4) is 0 Å². The molecular weight excluding hydrogens is 565 g/mol. The van der Waals surface area contributed by atoms with Gasteiger partial charge in [0.05, 0.1) is 6.04 Å². The van der Waals surface area contributed by atoms with Crippen LogP contribution in [0.2, 0.25) is 0 Å². The molecule has 1 saturated heterocycles. The van der Waals surface area contributed by atoms with E-state index in [1.165, 1.54) is 24.5 Å². The van der Waals surface area contributed by atoms with Crippen molar-refractivity contribution >= 4 is 16.0 Å². The Morgan fingerprint density at radius 2 is 1.65 bits per heavy atom. The third-order valence-corrected chi connectivity index (χ3v) is 9.75. The quantitative estimate of drug-likeness (QED) is 0.219. The number of hydrogen-bond acceptors (Lipinski definition) is 6. The van der Waals surface area contributed by atoms with Crippen molar-refractivity contribution in [2.75, 3.05) is 26.7 Å². The SMILES string of the molecule is CCCN(C)CCCCc1ccc(-c2ccc(C3C(C)(C)OC(=N[C@@H](CCO)c4ccccc4F)NS3(=O)=O)cc2)cc1. The number of halogens is 1. The molecule has 2 N–H and O–H groups in total. The number of nitrogens with one attached hydrogen (secondary N) is 1.